The first kappa shape index (κ1) is 13.6. The second-order valence-electron chi connectivity index (χ2n) is 2.77. The molecule has 0 saturated carbocycles. The van der Waals surface area contributed by atoms with E-state index in [-0.39, 0.29) is 8.22 Å². The van der Waals surface area contributed by atoms with Crippen LogP contribution in [0.1, 0.15) is 27.7 Å². The predicted molar refractivity (Wildman–Crippen MR) is 63.5 cm³/mol. The van der Waals surface area contributed by atoms with E-state index in [1.54, 1.807) is 0 Å². The fourth-order valence-electron chi connectivity index (χ4n) is 1.43. The highest BCUT2D eigenvalue weighted by Crippen LogP contribution is 2.44. The SMILES string of the molecule is CCN(CC)P(CCl)N(CC)CC. The van der Waals surface area contributed by atoms with Crippen molar-refractivity contribution < 1.29 is 0 Å². The molecule has 0 aromatic heterocycles. The largest absolute Gasteiger partial charge is 0.270 e. The molecule has 4 heteroatoms. The summed E-state index contributed by atoms with van der Waals surface area (Å²) >= 11 is 6.02. The van der Waals surface area contributed by atoms with Crippen molar-refractivity contribution in [3.63, 3.8) is 0 Å². The summed E-state index contributed by atoms with van der Waals surface area (Å²) < 4.78 is 4.94. The van der Waals surface area contributed by atoms with E-state index >= 15 is 0 Å². The summed E-state index contributed by atoms with van der Waals surface area (Å²) in [6.07, 6.45) is 0. The maximum Gasteiger partial charge on any atom is 0.0696 e. The minimum absolute atomic E-state index is 0.254. The van der Waals surface area contributed by atoms with E-state index < -0.39 is 0 Å². The maximum atomic E-state index is 6.02. The molecule has 0 aromatic carbocycles. The van der Waals surface area contributed by atoms with E-state index in [1.807, 2.05) is 0 Å². The molecule has 0 saturated heterocycles. The van der Waals surface area contributed by atoms with Gasteiger partial charge in [-0.25, -0.2) is 0 Å². The Morgan fingerprint density at radius 2 is 1.15 bits per heavy atom. The van der Waals surface area contributed by atoms with Crippen molar-refractivity contribution in [2.24, 2.45) is 0 Å². The zero-order chi connectivity index (χ0) is 10.3. The molecule has 0 aromatic rings. The summed E-state index contributed by atoms with van der Waals surface area (Å²) in [4.78, 5) is 0. The molecule has 0 bridgehead atoms. The van der Waals surface area contributed by atoms with E-state index in [0.717, 1.165) is 31.8 Å². The van der Waals surface area contributed by atoms with Crippen LogP contribution in [0.5, 0.6) is 0 Å². The first-order valence-electron chi connectivity index (χ1n) is 5.08. The van der Waals surface area contributed by atoms with Crippen molar-refractivity contribution in [2.45, 2.75) is 27.7 Å². The number of halogens is 1. The first-order valence-corrected chi connectivity index (χ1v) is 7.04. The predicted octanol–water partition coefficient (Wildman–Crippen LogP) is 3.18. The van der Waals surface area contributed by atoms with Gasteiger partial charge in [0.2, 0.25) is 0 Å². The highest BCUT2D eigenvalue weighted by molar-refractivity contribution is 7.54. The number of hydrogen-bond donors (Lipinski definition) is 0. The Morgan fingerprint density at radius 1 is 0.846 bits per heavy atom. The van der Waals surface area contributed by atoms with Gasteiger partial charge in [0, 0.05) is 26.2 Å². The summed E-state index contributed by atoms with van der Waals surface area (Å²) in [6.45, 7) is 13.2. The van der Waals surface area contributed by atoms with Gasteiger partial charge in [-0.3, -0.25) is 9.34 Å². The third-order valence-electron chi connectivity index (χ3n) is 2.22. The topological polar surface area (TPSA) is 6.48 Å². The summed E-state index contributed by atoms with van der Waals surface area (Å²) in [5.41, 5.74) is 0.763. The molecule has 0 spiro atoms. The molecule has 0 aliphatic heterocycles. The zero-order valence-corrected chi connectivity index (χ0v) is 10.9. The van der Waals surface area contributed by atoms with Crippen LogP contribution in [-0.4, -0.2) is 41.1 Å². The third-order valence-corrected chi connectivity index (χ3v) is 5.51. The number of hydrogen-bond acceptors (Lipinski definition) is 2. The third kappa shape index (κ3) is 4.12. The standard InChI is InChI=1S/C9H22ClN2P/c1-5-11(6-2)13(9-10)12(7-3)8-4/h5-9H2,1-4H3. The Hall–Kier alpha value is 0.640. The normalized spacial score (nSPS) is 12.0. The van der Waals surface area contributed by atoms with Crippen LogP contribution in [-0.2, 0) is 0 Å². The van der Waals surface area contributed by atoms with Crippen molar-refractivity contribution in [3.05, 3.63) is 0 Å². The fraction of sp³-hybridized carbons (Fsp3) is 1.00. The Balaban J connectivity index is 4.26. The lowest BCUT2D eigenvalue weighted by atomic mass is 10.7. The van der Waals surface area contributed by atoms with E-state index in [0.29, 0.717) is 0 Å². The smallest absolute Gasteiger partial charge is 0.0696 e. The van der Waals surface area contributed by atoms with Crippen molar-refractivity contribution in [1.82, 2.24) is 9.34 Å². The van der Waals surface area contributed by atoms with E-state index in [1.165, 1.54) is 0 Å². The molecule has 0 heterocycles. The Labute approximate surface area is 89.1 Å². The molecular weight excluding hydrogens is 203 g/mol. The van der Waals surface area contributed by atoms with Gasteiger partial charge in [-0.15, -0.1) is 11.6 Å². The zero-order valence-electron chi connectivity index (χ0n) is 9.26. The summed E-state index contributed by atoms with van der Waals surface area (Å²) in [7, 11) is -0.254. The molecule has 0 atom stereocenters. The van der Waals surface area contributed by atoms with Crippen molar-refractivity contribution in [3.8, 4) is 0 Å². The molecule has 0 radical (unpaired) electrons. The lowest BCUT2D eigenvalue weighted by Crippen LogP contribution is -2.29. The van der Waals surface area contributed by atoms with Crippen LogP contribution in [0.25, 0.3) is 0 Å². The molecule has 80 valence electrons. The molecule has 0 fully saturated rings. The van der Waals surface area contributed by atoms with Crippen LogP contribution in [0.4, 0.5) is 0 Å². The fourth-order valence-corrected chi connectivity index (χ4v) is 4.30. The highest BCUT2D eigenvalue weighted by atomic mass is 35.5. The van der Waals surface area contributed by atoms with Gasteiger partial charge in [0.1, 0.15) is 0 Å². The molecule has 0 aliphatic carbocycles. The summed E-state index contributed by atoms with van der Waals surface area (Å²) in [6, 6.07) is 0. The van der Waals surface area contributed by atoms with Crippen LogP contribution in [0.3, 0.4) is 0 Å². The number of alkyl halides is 1. The molecule has 0 rings (SSSR count). The highest BCUT2D eigenvalue weighted by Gasteiger charge is 2.19. The van der Waals surface area contributed by atoms with E-state index in [2.05, 4.69) is 37.0 Å². The number of nitrogens with zero attached hydrogens (tertiary/aromatic N) is 2. The van der Waals surface area contributed by atoms with Gasteiger partial charge in [0.25, 0.3) is 0 Å². The van der Waals surface area contributed by atoms with Crippen molar-refractivity contribution in [2.75, 3.05) is 31.8 Å². The van der Waals surface area contributed by atoms with E-state index in [4.69, 9.17) is 11.6 Å². The average Bonchev–Trinajstić information content (AvgIpc) is 2.18. The number of rotatable bonds is 7. The Kier molecular flexibility index (Phi) is 8.38. The maximum absolute atomic E-state index is 6.02. The van der Waals surface area contributed by atoms with Crippen molar-refractivity contribution >= 4 is 19.8 Å². The van der Waals surface area contributed by atoms with Gasteiger partial charge in [-0.05, 0) is 0 Å². The first-order chi connectivity index (χ1) is 6.24. The van der Waals surface area contributed by atoms with Crippen LogP contribution in [0.2, 0.25) is 0 Å². The minimum Gasteiger partial charge on any atom is -0.270 e. The molecule has 0 amide bonds. The van der Waals surface area contributed by atoms with Crippen LogP contribution >= 0.6 is 19.8 Å². The summed E-state index contributed by atoms with van der Waals surface area (Å²) in [5.74, 6) is 0. The van der Waals surface area contributed by atoms with Gasteiger partial charge in [-0.1, -0.05) is 27.7 Å². The van der Waals surface area contributed by atoms with Gasteiger partial charge < -0.3 is 0 Å². The Morgan fingerprint density at radius 3 is 1.31 bits per heavy atom. The van der Waals surface area contributed by atoms with Gasteiger partial charge >= 0.3 is 0 Å². The van der Waals surface area contributed by atoms with Gasteiger partial charge in [-0.2, -0.15) is 0 Å². The van der Waals surface area contributed by atoms with Crippen LogP contribution < -0.4 is 0 Å². The molecule has 0 aliphatic rings. The lowest BCUT2D eigenvalue weighted by molar-refractivity contribution is 0.426. The minimum atomic E-state index is -0.254. The molecule has 13 heavy (non-hydrogen) atoms. The van der Waals surface area contributed by atoms with E-state index in [9.17, 15) is 0 Å². The quantitative estimate of drug-likeness (QED) is 0.484. The van der Waals surface area contributed by atoms with Gasteiger partial charge in [0.15, 0.2) is 0 Å². The second kappa shape index (κ2) is 7.99. The molecule has 0 unspecified atom stereocenters. The molecule has 2 nitrogen and oxygen atoms in total. The Bertz CT molecular complexity index is 104. The molecular formula is C9H22ClN2P. The van der Waals surface area contributed by atoms with Crippen LogP contribution in [0, 0.1) is 0 Å². The average molecular weight is 225 g/mol. The lowest BCUT2D eigenvalue weighted by Gasteiger charge is -2.36. The van der Waals surface area contributed by atoms with Crippen LogP contribution in [0.15, 0.2) is 0 Å². The molecule has 0 N–H and O–H groups in total. The summed E-state index contributed by atoms with van der Waals surface area (Å²) in [5, 5.41) is 0. The van der Waals surface area contributed by atoms with Gasteiger partial charge in [0.05, 0.1) is 13.8 Å². The monoisotopic (exact) mass is 224 g/mol. The van der Waals surface area contributed by atoms with Crippen molar-refractivity contribution in [1.29, 1.82) is 0 Å². The second-order valence-corrected chi connectivity index (χ2v) is 5.60.